The van der Waals surface area contributed by atoms with Crippen molar-refractivity contribution < 1.29 is 14.6 Å². The minimum atomic E-state index is -0.924. The molecule has 1 N–H and O–H groups in total. The number of rotatable bonds is 6. The maximum Gasteiger partial charge on any atom is 0.335 e. The molecule has 0 atom stereocenters. The van der Waals surface area contributed by atoms with E-state index in [1.165, 1.54) is 0 Å². The van der Waals surface area contributed by atoms with Crippen molar-refractivity contribution in [2.75, 3.05) is 7.11 Å². The molecule has 0 aliphatic carbocycles. The molecular weight excluding hydrogens is 316 g/mol. The highest BCUT2D eigenvalue weighted by Crippen LogP contribution is 2.16. The zero-order chi connectivity index (χ0) is 17.6. The quantitative estimate of drug-likeness (QED) is 0.697. The predicted molar refractivity (Wildman–Crippen MR) is 97.0 cm³/mol. The van der Waals surface area contributed by atoms with E-state index in [-0.39, 0.29) is 5.56 Å². The Kier molecular flexibility index (Phi) is 4.95. The number of carbonyl (C=O) groups is 1. The maximum absolute atomic E-state index is 10.9. The summed E-state index contributed by atoms with van der Waals surface area (Å²) in [4.78, 5) is 15.3. The van der Waals surface area contributed by atoms with Crippen molar-refractivity contribution in [3.8, 4) is 11.4 Å². The molecule has 5 nitrogen and oxygen atoms in total. The lowest BCUT2D eigenvalue weighted by atomic mass is 10.1. The minimum absolute atomic E-state index is 0.279. The van der Waals surface area contributed by atoms with Crippen LogP contribution in [-0.4, -0.2) is 29.0 Å². The SMILES string of the molecule is COc1ccc(-n2cccc2C=NCc2ccc(C(=O)O)cc2)cc1. The lowest BCUT2D eigenvalue weighted by Crippen LogP contribution is -1.98. The number of nitrogens with zero attached hydrogens (tertiary/aromatic N) is 2. The van der Waals surface area contributed by atoms with Crippen molar-refractivity contribution in [2.45, 2.75) is 6.54 Å². The first-order chi connectivity index (χ1) is 12.2. The van der Waals surface area contributed by atoms with Crippen LogP contribution in [0.5, 0.6) is 5.75 Å². The van der Waals surface area contributed by atoms with E-state index < -0.39 is 5.97 Å². The minimum Gasteiger partial charge on any atom is -0.497 e. The maximum atomic E-state index is 10.9. The van der Waals surface area contributed by atoms with Crippen LogP contribution in [0, 0.1) is 0 Å². The molecule has 0 bridgehead atoms. The Bertz CT molecular complexity index is 878. The molecule has 0 saturated heterocycles. The number of methoxy groups -OCH3 is 1. The molecule has 0 spiro atoms. The predicted octanol–water partition coefficient (Wildman–Crippen LogP) is 3.80. The van der Waals surface area contributed by atoms with Crippen molar-refractivity contribution in [3.05, 3.63) is 83.7 Å². The van der Waals surface area contributed by atoms with Gasteiger partial charge in [0.25, 0.3) is 0 Å². The van der Waals surface area contributed by atoms with E-state index in [4.69, 9.17) is 9.84 Å². The van der Waals surface area contributed by atoms with Crippen LogP contribution >= 0.6 is 0 Å². The number of hydrogen-bond donors (Lipinski definition) is 1. The van der Waals surface area contributed by atoms with E-state index in [9.17, 15) is 4.79 Å². The van der Waals surface area contributed by atoms with Gasteiger partial charge in [-0.3, -0.25) is 4.99 Å². The second-order valence-corrected chi connectivity index (χ2v) is 5.47. The van der Waals surface area contributed by atoms with Crippen molar-refractivity contribution in [1.82, 2.24) is 4.57 Å². The van der Waals surface area contributed by atoms with E-state index in [0.29, 0.717) is 6.54 Å². The van der Waals surface area contributed by atoms with Gasteiger partial charge in [-0.15, -0.1) is 0 Å². The van der Waals surface area contributed by atoms with E-state index in [1.54, 1.807) is 31.4 Å². The van der Waals surface area contributed by atoms with Gasteiger partial charge in [0.1, 0.15) is 5.75 Å². The summed E-state index contributed by atoms with van der Waals surface area (Å²) >= 11 is 0. The molecule has 0 aliphatic heterocycles. The molecule has 0 amide bonds. The molecule has 0 unspecified atom stereocenters. The van der Waals surface area contributed by atoms with Gasteiger partial charge in [0.05, 0.1) is 24.9 Å². The van der Waals surface area contributed by atoms with E-state index in [2.05, 4.69) is 4.99 Å². The third kappa shape index (κ3) is 3.95. The van der Waals surface area contributed by atoms with Gasteiger partial charge < -0.3 is 14.4 Å². The summed E-state index contributed by atoms with van der Waals surface area (Å²) in [6, 6.07) is 18.5. The van der Waals surface area contributed by atoms with E-state index in [0.717, 1.165) is 22.7 Å². The monoisotopic (exact) mass is 334 g/mol. The summed E-state index contributed by atoms with van der Waals surface area (Å²) in [7, 11) is 1.64. The number of carboxylic acid groups (broad SMARTS) is 1. The molecule has 1 aromatic heterocycles. The molecule has 3 rings (SSSR count). The first-order valence-electron chi connectivity index (χ1n) is 7.81. The Hall–Kier alpha value is -3.34. The van der Waals surface area contributed by atoms with Gasteiger partial charge >= 0.3 is 5.97 Å². The third-order valence-electron chi connectivity index (χ3n) is 3.83. The number of aromatic nitrogens is 1. The molecule has 25 heavy (non-hydrogen) atoms. The first kappa shape index (κ1) is 16.5. The fourth-order valence-corrected chi connectivity index (χ4v) is 2.47. The second-order valence-electron chi connectivity index (χ2n) is 5.47. The summed E-state index contributed by atoms with van der Waals surface area (Å²) in [5.74, 6) is -0.108. The second kappa shape index (κ2) is 7.49. The number of aromatic carboxylic acids is 1. The molecule has 0 saturated carbocycles. The lowest BCUT2D eigenvalue weighted by Gasteiger charge is -2.07. The zero-order valence-corrected chi connectivity index (χ0v) is 13.8. The number of carboxylic acids is 1. The molecular formula is C20H18N2O3. The van der Waals surface area contributed by atoms with Crippen LogP contribution in [0.4, 0.5) is 0 Å². The Morgan fingerprint density at radius 2 is 1.84 bits per heavy atom. The lowest BCUT2D eigenvalue weighted by molar-refractivity contribution is 0.0697. The van der Waals surface area contributed by atoms with Crippen molar-refractivity contribution in [2.24, 2.45) is 4.99 Å². The van der Waals surface area contributed by atoms with E-state index in [1.807, 2.05) is 53.4 Å². The molecule has 5 heteroatoms. The fraction of sp³-hybridized carbons (Fsp3) is 0.100. The summed E-state index contributed by atoms with van der Waals surface area (Å²) in [6.45, 7) is 0.494. The Morgan fingerprint density at radius 1 is 1.12 bits per heavy atom. The molecule has 0 fully saturated rings. The van der Waals surface area contributed by atoms with Crippen molar-refractivity contribution in [1.29, 1.82) is 0 Å². The van der Waals surface area contributed by atoms with Gasteiger partial charge in [0.2, 0.25) is 0 Å². The third-order valence-corrected chi connectivity index (χ3v) is 3.83. The summed E-state index contributed by atoms with van der Waals surface area (Å²) in [6.07, 6.45) is 3.79. The van der Waals surface area contributed by atoms with Crippen LogP contribution < -0.4 is 4.74 Å². The van der Waals surface area contributed by atoms with E-state index >= 15 is 0 Å². The van der Waals surface area contributed by atoms with Crippen LogP contribution in [0.2, 0.25) is 0 Å². The highest BCUT2D eigenvalue weighted by Gasteiger charge is 2.03. The van der Waals surface area contributed by atoms with Gasteiger partial charge in [-0.2, -0.15) is 0 Å². The average molecular weight is 334 g/mol. The number of ether oxygens (including phenoxy) is 1. The normalized spacial score (nSPS) is 10.9. The number of benzene rings is 2. The molecule has 3 aromatic rings. The zero-order valence-electron chi connectivity index (χ0n) is 13.8. The smallest absolute Gasteiger partial charge is 0.335 e. The van der Waals surface area contributed by atoms with Crippen LogP contribution in [0.3, 0.4) is 0 Å². The highest BCUT2D eigenvalue weighted by molar-refractivity contribution is 5.87. The highest BCUT2D eigenvalue weighted by atomic mass is 16.5. The first-order valence-corrected chi connectivity index (χ1v) is 7.81. The van der Waals surface area contributed by atoms with Crippen LogP contribution in [0.1, 0.15) is 21.6 Å². The summed E-state index contributed by atoms with van der Waals surface area (Å²) in [5.41, 5.74) is 3.23. The summed E-state index contributed by atoms with van der Waals surface area (Å²) in [5, 5.41) is 8.91. The Morgan fingerprint density at radius 3 is 2.48 bits per heavy atom. The Labute approximate surface area is 145 Å². The van der Waals surface area contributed by atoms with Gasteiger partial charge in [0.15, 0.2) is 0 Å². The Balaban J connectivity index is 1.71. The number of aliphatic imine (C=N–C) groups is 1. The molecule has 2 aromatic carbocycles. The standard InChI is InChI=1S/C20H18N2O3/c1-25-19-10-8-17(9-11-19)22-12-2-3-18(22)14-21-13-15-4-6-16(7-5-15)20(23)24/h2-12,14H,13H2,1H3,(H,23,24). The van der Waals surface area contributed by atoms with Crippen LogP contribution in [0.15, 0.2) is 71.9 Å². The van der Waals surface area contributed by atoms with Gasteiger partial charge in [0, 0.05) is 18.1 Å². The molecule has 126 valence electrons. The summed E-state index contributed by atoms with van der Waals surface area (Å²) < 4.78 is 7.22. The molecule has 0 radical (unpaired) electrons. The van der Waals surface area contributed by atoms with Crippen molar-refractivity contribution in [3.63, 3.8) is 0 Å². The topological polar surface area (TPSA) is 63.8 Å². The molecule has 0 aliphatic rings. The average Bonchev–Trinajstić information content (AvgIpc) is 3.11. The largest absolute Gasteiger partial charge is 0.497 e. The van der Waals surface area contributed by atoms with Gasteiger partial charge in [-0.1, -0.05) is 12.1 Å². The van der Waals surface area contributed by atoms with Crippen LogP contribution in [0.25, 0.3) is 5.69 Å². The van der Waals surface area contributed by atoms with Crippen LogP contribution in [-0.2, 0) is 6.54 Å². The van der Waals surface area contributed by atoms with Gasteiger partial charge in [-0.25, -0.2) is 4.79 Å². The number of hydrogen-bond acceptors (Lipinski definition) is 3. The van der Waals surface area contributed by atoms with Crippen molar-refractivity contribution >= 4 is 12.2 Å². The fourth-order valence-electron chi connectivity index (χ4n) is 2.47. The molecule has 1 heterocycles. The van der Waals surface area contributed by atoms with Gasteiger partial charge in [-0.05, 0) is 54.1 Å².